The van der Waals surface area contributed by atoms with Crippen LogP contribution >= 0.6 is 0 Å². The van der Waals surface area contributed by atoms with Gasteiger partial charge in [0.1, 0.15) is 0 Å². The average Bonchev–Trinajstić information content (AvgIpc) is 3.32. The van der Waals surface area contributed by atoms with E-state index in [-0.39, 0.29) is 17.8 Å². The lowest BCUT2D eigenvalue weighted by molar-refractivity contribution is -0.138. The number of amides is 1. The fraction of sp³-hybridized carbons (Fsp3) is 0.417. The Kier molecular flexibility index (Phi) is 6.55. The molecular weight excluding hydrogens is 445 g/mol. The number of alkyl halides is 3. The molecule has 0 atom stereocenters. The van der Waals surface area contributed by atoms with E-state index in [2.05, 4.69) is 15.3 Å². The molecule has 2 aromatic heterocycles. The van der Waals surface area contributed by atoms with Crippen molar-refractivity contribution < 1.29 is 18.0 Å². The summed E-state index contributed by atoms with van der Waals surface area (Å²) in [7, 11) is 3.81. The van der Waals surface area contributed by atoms with E-state index in [0.717, 1.165) is 37.9 Å². The van der Waals surface area contributed by atoms with Crippen molar-refractivity contribution in [1.82, 2.24) is 24.1 Å². The molecule has 3 aromatic rings. The predicted octanol–water partition coefficient (Wildman–Crippen LogP) is 3.85. The number of aromatic nitrogens is 3. The topological polar surface area (TPSA) is 58.3 Å². The maximum Gasteiger partial charge on any atom is 0.416 e. The number of nitrogens with one attached hydrogen (secondary N) is 1. The number of carbonyl (C=O) groups excluding carboxylic acids is 1. The number of hydrogen-bond acceptors (Lipinski definition) is 4. The first kappa shape index (κ1) is 24.0. The molecule has 0 aliphatic carbocycles. The van der Waals surface area contributed by atoms with Gasteiger partial charge in [-0.05, 0) is 44.7 Å². The number of nitrogens with zero attached hydrogens (tertiary/aromatic N) is 5. The van der Waals surface area contributed by atoms with E-state index in [1.165, 1.54) is 12.1 Å². The van der Waals surface area contributed by atoms with Crippen LogP contribution in [0, 0.1) is 13.8 Å². The van der Waals surface area contributed by atoms with Crippen LogP contribution in [0.15, 0.2) is 36.5 Å². The van der Waals surface area contributed by atoms with Gasteiger partial charge in [0.25, 0.3) is 5.91 Å². The van der Waals surface area contributed by atoms with Crippen molar-refractivity contribution in [2.24, 2.45) is 7.05 Å². The molecule has 1 fully saturated rings. The van der Waals surface area contributed by atoms with E-state index in [1.807, 2.05) is 29.5 Å². The van der Waals surface area contributed by atoms with Gasteiger partial charge in [-0.2, -0.15) is 18.3 Å². The minimum atomic E-state index is -4.52. The lowest BCUT2D eigenvalue weighted by Gasteiger charge is -2.33. The second-order valence-corrected chi connectivity index (χ2v) is 8.87. The second kappa shape index (κ2) is 9.27. The Balaban J connectivity index is 1.56. The standard InChI is InChI=1S/C24H29F3N6O/c1-16-13-20(17(2)33(16)22-7-8-31(4)29-22)23(34)28-19-6-5-18(21(14-19)24(25,26)27)15-32-11-9-30(3)10-12-32/h5-8,13-14H,9-12,15H2,1-4H3,(H,28,34). The molecule has 0 saturated carbocycles. The molecule has 1 aliphatic rings. The van der Waals surface area contributed by atoms with E-state index < -0.39 is 17.6 Å². The van der Waals surface area contributed by atoms with Crippen LogP contribution in [0.25, 0.3) is 5.82 Å². The number of rotatable bonds is 5. The van der Waals surface area contributed by atoms with Crippen LogP contribution in [-0.2, 0) is 19.8 Å². The summed E-state index contributed by atoms with van der Waals surface area (Å²) in [4.78, 5) is 17.2. The van der Waals surface area contributed by atoms with Crippen molar-refractivity contribution in [3.63, 3.8) is 0 Å². The summed E-state index contributed by atoms with van der Waals surface area (Å²) in [6, 6.07) is 7.58. The molecule has 1 aliphatic heterocycles. The van der Waals surface area contributed by atoms with Crippen LogP contribution in [0.3, 0.4) is 0 Å². The molecule has 0 radical (unpaired) electrons. The van der Waals surface area contributed by atoms with Gasteiger partial charge in [0.15, 0.2) is 5.82 Å². The van der Waals surface area contributed by atoms with Crippen molar-refractivity contribution in [3.05, 3.63) is 64.6 Å². The molecule has 1 amide bonds. The van der Waals surface area contributed by atoms with E-state index >= 15 is 0 Å². The lowest BCUT2D eigenvalue weighted by Crippen LogP contribution is -2.44. The minimum Gasteiger partial charge on any atom is -0.322 e. The van der Waals surface area contributed by atoms with Crippen LogP contribution in [0.5, 0.6) is 0 Å². The van der Waals surface area contributed by atoms with Gasteiger partial charge in [0, 0.05) is 69.1 Å². The molecule has 10 heteroatoms. The summed E-state index contributed by atoms with van der Waals surface area (Å²) in [5.41, 5.74) is 1.46. The zero-order valence-corrected chi connectivity index (χ0v) is 19.8. The number of anilines is 1. The average molecular weight is 475 g/mol. The van der Waals surface area contributed by atoms with Gasteiger partial charge in [-0.15, -0.1) is 0 Å². The molecule has 1 aromatic carbocycles. The summed E-state index contributed by atoms with van der Waals surface area (Å²) >= 11 is 0. The molecular formula is C24H29F3N6O. The molecule has 1 saturated heterocycles. The quantitative estimate of drug-likeness (QED) is 0.611. The Morgan fingerprint density at radius 3 is 2.38 bits per heavy atom. The smallest absolute Gasteiger partial charge is 0.322 e. The Hall–Kier alpha value is -3.11. The number of piperazine rings is 1. The van der Waals surface area contributed by atoms with Gasteiger partial charge in [-0.3, -0.25) is 14.4 Å². The Morgan fingerprint density at radius 1 is 1.06 bits per heavy atom. The largest absolute Gasteiger partial charge is 0.416 e. The third-order valence-corrected chi connectivity index (χ3v) is 6.27. The van der Waals surface area contributed by atoms with E-state index in [9.17, 15) is 18.0 Å². The normalized spacial score (nSPS) is 15.6. The minimum absolute atomic E-state index is 0.113. The summed E-state index contributed by atoms with van der Waals surface area (Å²) < 4.78 is 45.1. The summed E-state index contributed by atoms with van der Waals surface area (Å²) in [5, 5.41) is 7.02. The number of carbonyl (C=O) groups is 1. The van der Waals surface area contributed by atoms with Crippen molar-refractivity contribution in [3.8, 4) is 5.82 Å². The van der Waals surface area contributed by atoms with E-state index in [0.29, 0.717) is 17.1 Å². The van der Waals surface area contributed by atoms with Crippen LogP contribution in [0.2, 0.25) is 0 Å². The lowest BCUT2D eigenvalue weighted by atomic mass is 10.0. The Labute approximate surface area is 196 Å². The fourth-order valence-electron chi connectivity index (χ4n) is 4.37. The highest BCUT2D eigenvalue weighted by Gasteiger charge is 2.34. The number of hydrogen-bond donors (Lipinski definition) is 1. The number of halogens is 3. The van der Waals surface area contributed by atoms with Crippen molar-refractivity contribution in [2.75, 3.05) is 38.5 Å². The molecule has 0 spiro atoms. The first-order valence-electron chi connectivity index (χ1n) is 11.1. The SMILES string of the molecule is Cc1cc(C(=O)Nc2ccc(CN3CCN(C)CC3)c(C(F)(F)F)c2)c(C)n1-c1ccn(C)n1. The van der Waals surface area contributed by atoms with Crippen LogP contribution in [-0.4, -0.2) is 63.3 Å². The number of aryl methyl sites for hydroxylation is 2. The monoisotopic (exact) mass is 474 g/mol. The maximum absolute atomic E-state index is 13.9. The van der Waals surface area contributed by atoms with Gasteiger partial charge in [0.05, 0.1) is 11.1 Å². The molecule has 0 bridgehead atoms. The van der Waals surface area contributed by atoms with Crippen LogP contribution in [0.1, 0.15) is 32.9 Å². The molecule has 34 heavy (non-hydrogen) atoms. The number of benzene rings is 1. The second-order valence-electron chi connectivity index (χ2n) is 8.87. The summed E-state index contributed by atoms with van der Waals surface area (Å²) in [6.07, 6.45) is -2.71. The first-order valence-corrected chi connectivity index (χ1v) is 11.1. The highest BCUT2D eigenvalue weighted by molar-refractivity contribution is 6.05. The Bertz CT molecular complexity index is 1190. The Morgan fingerprint density at radius 2 is 1.76 bits per heavy atom. The van der Waals surface area contributed by atoms with Gasteiger partial charge in [-0.1, -0.05) is 6.07 Å². The van der Waals surface area contributed by atoms with E-state index in [1.54, 1.807) is 30.9 Å². The maximum atomic E-state index is 13.9. The van der Waals surface area contributed by atoms with Crippen LogP contribution in [0.4, 0.5) is 18.9 Å². The molecule has 0 unspecified atom stereocenters. The van der Waals surface area contributed by atoms with E-state index in [4.69, 9.17) is 0 Å². The molecule has 3 heterocycles. The molecule has 182 valence electrons. The summed E-state index contributed by atoms with van der Waals surface area (Å²) in [5.74, 6) is 0.208. The summed E-state index contributed by atoms with van der Waals surface area (Å²) in [6.45, 7) is 6.96. The van der Waals surface area contributed by atoms with Crippen LogP contribution < -0.4 is 5.32 Å². The molecule has 4 rings (SSSR count). The van der Waals surface area contributed by atoms with Gasteiger partial charge in [0.2, 0.25) is 0 Å². The third kappa shape index (κ3) is 5.02. The zero-order valence-electron chi connectivity index (χ0n) is 19.8. The third-order valence-electron chi connectivity index (χ3n) is 6.27. The molecule has 1 N–H and O–H groups in total. The van der Waals surface area contributed by atoms with Gasteiger partial charge >= 0.3 is 6.18 Å². The number of likely N-dealkylation sites (N-methyl/N-ethyl adjacent to an activating group) is 1. The van der Waals surface area contributed by atoms with Crippen molar-refractivity contribution in [1.29, 1.82) is 0 Å². The van der Waals surface area contributed by atoms with Crippen molar-refractivity contribution in [2.45, 2.75) is 26.6 Å². The highest BCUT2D eigenvalue weighted by atomic mass is 19.4. The zero-order chi connectivity index (χ0) is 24.6. The molecule has 7 nitrogen and oxygen atoms in total. The fourth-order valence-corrected chi connectivity index (χ4v) is 4.37. The van der Waals surface area contributed by atoms with Crippen molar-refractivity contribution >= 4 is 11.6 Å². The highest BCUT2D eigenvalue weighted by Crippen LogP contribution is 2.35. The predicted molar refractivity (Wildman–Crippen MR) is 124 cm³/mol. The van der Waals surface area contributed by atoms with Gasteiger partial charge in [-0.25, -0.2) is 0 Å². The first-order chi connectivity index (χ1) is 16.0. The van der Waals surface area contributed by atoms with Gasteiger partial charge < -0.3 is 14.8 Å².